The quantitative estimate of drug-likeness (QED) is 0.499. The van der Waals surface area contributed by atoms with Crippen LogP contribution in [0.25, 0.3) is 0 Å². The lowest BCUT2D eigenvalue weighted by Gasteiger charge is -1.96. The van der Waals surface area contributed by atoms with Crippen LogP contribution >= 0.6 is 15.9 Å². The Balaban J connectivity index is 2.33. The molecule has 0 aliphatic rings. The van der Waals surface area contributed by atoms with Crippen LogP contribution < -0.4 is 0 Å². The minimum Gasteiger partial charge on any atom is -0.396 e. The topological polar surface area (TPSA) is 41.8 Å². The zero-order chi connectivity index (χ0) is 10.2. The van der Waals surface area contributed by atoms with Gasteiger partial charge in [0.25, 0.3) is 0 Å². The molecule has 4 heteroatoms. The lowest BCUT2D eigenvalue weighted by molar-refractivity contribution is 0.125. The molecule has 0 aliphatic carbocycles. The Morgan fingerprint density at radius 2 is 2.07 bits per heavy atom. The Morgan fingerprint density at radius 1 is 1.36 bits per heavy atom. The zero-order valence-corrected chi connectivity index (χ0v) is 9.27. The molecule has 0 spiro atoms. The van der Waals surface area contributed by atoms with Crippen LogP contribution in [-0.2, 0) is 4.84 Å². The molecule has 0 fully saturated rings. The van der Waals surface area contributed by atoms with Crippen molar-refractivity contribution < 1.29 is 9.94 Å². The van der Waals surface area contributed by atoms with Crippen molar-refractivity contribution in [2.75, 3.05) is 13.2 Å². The lowest BCUT2D eigenvalue weighted by atomic mass is 10.2. The van der Waals surface area contributed by atoms with Crippen LogP contribution in [0.4, 0.5) is 0 Å². The Bertz CT molecular complexity index is 285. The van der Waals surface area contributed by atoms with E-state index in [0.717, 1.165) is 10.0 Å². The summed E-state index contributed by atoms with van der Waals surface area (Å²) in [6.45, 7) is 0.581. The highest BCUT2D eigenvalue weighted by molar-refractivity contribution is 9.10. The van der Waals surface area contributed by atoms with E-state index in [1.165, 1.54) is 0 Å². The summed E-state index contributed by atoms with van der Waals surface area (Å²) in [5.74, 6) is 0. The summed E-state index contributed by atoms with van der Waals surface area (Å²) >= 11 is 3.34. The second kappa shape index (κ2) is 6.56. The number of nitrogens with zero attached hydrogens (tertiary/aromatic N) is 1. The first-order valence-electron chi connectivity index (χ1n) is 4.34. The van der Waals surface area contributed by atoms with Gasteiger partial charge in [-0.15, -0.1) is 0 Å². The van der Waals surface area contributed by atoms with E-state index in [9.17, 15) is 0 Å². The number of hydrogen-bond donors (Lipinski definition) is 1. The fourth-order valence-corrected chi connectivity index (χ4v) is 1.09. The molecule has 0 bridgehead atoms. The van der Waals surface area contributed by atoms with Crippen molar-refractivity contribution in [2.45, 2.75) is 6.42 Å². The molecule has 1 aromatic carbocycles. The third-order valence-electron chi connectivity index (χ3n) is 1.54. The van der Waals surface area contributed by atoms with Gasteiger partial charge < -0.3 is 9.94 Å². The minimum absolute atomic E-state index is 0.133. The van der Waals surface area contributed by atoms with Crippen molar-refractivity contribution in [3.63, 3.8) is 0 Å². The van der Waals surface area contributed by atoms with Crippen molar-refractivity contribution in [3.05, 3.63) is 34.3 Å². The van der Waals surface area contributed by atoms with E-state index in [1.54, 1.807) is 6.21 Å². The van der Waals surface area contributed by atoms with E-state index >= 15 is 0 Å². The van der Waals surface area contributed by atoms with Crippen LogP contribution in [0.15, 0.2) is 33.9 Å². The molecule has 3 nitrogen and oxygen atoms in total. The normalized spacial score (nSPS) is 10.7. The van der Waals surface area contributed by atoms with Gasteiger partial charge in [-0.25, -0.2) is 0 Å². The standard InChI is InChI=1S/C10H12BrNO2/c11-10-4-2-9(3-5-10)8-12-14-7-1-6-13/h2-5,8,13H,1,6-7H2/b12-8+. The fraction of sp³-hybridized carbons (Fsp3) is 0.300. The molecule has 0 aliphatic heterocycles. The molecule has 1 rings (SSSR count). The van der Waals surface area contributed by atoms with Crippen LogP contribution in [0, 0.1) is 0 Å². The lowest BCUT2D eigenvalue weighted by Crippen LogP contribution is -1.92. The highest BCUT2D eigenvalue weighted by Gasteiger charge is 1.88. The summed E-state index contributed by atoms with van der Waals surface area (Å²) < 4.78 is 1.04. The van der Waals surface area contributed by atoms with Crippen molar-refractivity contribution in [3.8, 4) is 0 Å². The van der Waals surface area contributed by atoms with E-state index in [1.807, 2.05) is 24.3 Å². The van der Waals surface area contributed by atoms with Gasteiger partial charge in [0.05, 0.1) is 6.21 Å². The van der Waals surface area contributed by atoms with Crippen LogP contribution in [-0.4, -0.2) is 24.5 Å². The maximum Gasteiger partial charge on any atom is 0.119 e. The molecular formula is C10H12BrNO2. The number of halogens is 1. The van der Waals surface area contributed by atoms with E-state index in [-0.39, 0.29) is 6.61 Å². The third-order valence-corrected chi connectivity index (χ3v) is 2.07. The van der Waals surface area contributed by atoms with Crippen molar-refractivity contribution >= 4 is 22.1 Å². The van der Waals surface area contributed by atoms with Gasteiger partial charge in [-0.05, 0) is 17.7 Å². The summed E-state index contributed by atoms with van der Waals surface area (Å²) in [4.78, 5) is 4.91. The summed E-state index contributed by atoms with van der Waals surface area (Å²) in [5, 5.41) is 12.2. The molecule has 76 valence electrons. The van der Waals surface area contributed by atoms with E-state index < -0.39 is 0 Å². The van der Waals surface area contributed by atoms with Gasteiger partial charge in [-0.3, -0.25) is 0 Å². The maximum absolute atomic E-state index is 8.48. The van der Waals surface area contributed by atoms with Crippen molar-refractivity contribution in [2.24, 2.45) is 5.16 Å². The van der Waals surface area contributed by atoms with Gasteiger partial charge in [-0.1, -0.05) is 33.2 Å². The monoisotopic (exact) mass is 257 g/mol. The number of hydrogen-bond acceptors (Lipinski definition) is 3. The molecule has 1 N–H and O–H groups in total. The Labute approximate surface area is 91.5 Å². The zero-order valence-electron chi connectivity index (χ0n) is 7.69. The highest BCUT2D eigenvalue weighted by atomic mass is 79.9. The highest BCUT2D eigenvalue weighted by Crippen LogP contribution is 2.08. The molecule has 0 aromatic heterocycles. The Morgan fingerprint density at radius 3 is 2.71 bits per heavy atom. The third kappa shape index (κ3) is 4.39. The Hall–Kier alpha value is -0.870. The summed E-state index contributed by atoms with van der Waals surface area (Å²) in [6.07, 6.45) is 2.25. The minimum atomic E-state index is 0.133. The first-order valence-corrected chi connectivity index (χ1v) is 5.14. The average Bonchev–Trinajstić information content (AvgIpc) is 2.21. The van der Waals surface area contributed by atoms with Gasteiger partial charge in [0.1, 0.15) is 6.61 Å². The van der Waals surface area contributed by atoms with Gasteiger partial charge in [0.2, 0.25) is 0 Å². The fourth-order valence-electron chi connectivity index (χ4n) is 0.829. The molecule has 0 unspecified atom stereocenters. The maximum atomic E-state index is 8.48. The van der Waals surface area contributed by atoms with Gasteiger partial charge in [0, 0.05) is 17.5 Å². The smallest absolute Gasteiger partial charge is 0.119 e. The van der Waals surface area contributed by atoms with E-state index in [2.05, 4.69) is 21.1 Å². The molecular weight excluding hydrogens is 246 g/mol. The summed E-state index contributed by atoms with van der Waals surface area (Å²) in [6, 6.07) is 7.75. The van der Waals surface area contributed by atoms with Crippen LogP contribution in [0.2, 0.25) is 0 Å². The van der Waals surface area contributed by atoms with Crippen molar-refractivity contribution in [1.29, 1.82) is 0 Å². The van der Waals surface area contributed by atoms with E-state index in [0.29, 0.717) is 13.0 Å². The Kier molecular flexibility index (Phi) is 5.25. The number of oxime groups is 1. The predicted octanol–water partition coefficient (Wildman–Crippen LogP) is 2.18. The van der Waals surface area contributed by atoms with Gasteiger partial charge in [-0.2, -0.15) is 0 Å². The number of rotatable bonds is 5. The molecule has 0 radical (unpaired) electrons. The molecule has 0 heterocycles. The van der Waals surface area contributed by atoms with Gasteiger partial charge in [0.15, 0.2) is 0 Å². The molecule has 1 aromatic rings. The van der Waals surface area contributed by atoms with Crippen LogP contribution in [0.3, 0.4) is 0 Å². The van der Waals surface area contributed by atoms with Crippen molar-refractivity contribution in [1.82, 2.24) is 0 Å². The largest absolute Gasteiger partial charge is 0.396 e. The SMILES string of the molecule is OCCCO/N=C/c1ccc(Br)cc1. The summed E-state index contributed by atoms with van der Waals surface area (Å²) in [7, 11) is 0. The second-order valence-electron chi connectivity index (χ2n) is 2.70. The molecule has 0 saturated carbocycles. The summed E-state index contributed by atoms with van der Waals surface area (Å²) in [5.41, 5.74) is 0.984. The van der Waals surface area contributed by atoms with Gasteiger partial charge >= 0.3 is 0 Å². The molecule has 0 saturated heterocycles. The first-order chi connectivity index (χ1) is 6.83. The van der Waals surface area contributed by atoms with E-state index in [4.69, 9.17) is 9.94 Å². The average molecular weight is 258 g/mol. The molecule has 14 heavy (non-hydrogen) atoms. The molecule has 0 amide bonds. The van der Waals surface area contributed by atoms with Crippen LogP contribution in [0.5, 0.6) is 0 Å². The number of aliphatic hydroxyl groups is 1. The molecule has 0 atom stereocenters. The predicted molar refractivity (Wildman–Crippen MR) is 59.4 cm³/mol. The number of aliphatic hydroxyl groups excluding tert-OH is 1. The number of benzene rings is 1. The second-order valence-corrected chi connectivity index (χ2v) is 3.61. The van der Waals surface area contributed by atoms with Crippen LogP contribution in [0.1, 0.15) is 12.0 Å². The first kappa shape index (κ1) is 11.2.